The first-order valence-electron chi connectivity index (χ1n) is 8.08. The predicted molar refractivity (Wildman–Crippen MR) is 88.8 cm³/mol. The molecule has 0 amide bonds. The van der Waals surface area contributed by atoms with Crippen LogP contribution in [0, 0.1) is 0 Å². The molecule has 0 unspecified atom stereocenters. The van der Waals surface area contributed by atoms with Gasteiger partial charge in [0.25, 0.3) is 0 Å². The van der Waals surface area contributed by atoms with Gasteiger partial charge in [-0.1, -0.05) is 18.2 Å². The van der Waals surface area contributed by atoms with Gasteiger partial charge in [-0.3, -0.25) is 9.58 Å². The Balaban J connectivity index is 1.39. The molecule has 4 rings (SSSR count). The van der Waals surface area contributed by atoms with E-state index in [4.69, 9.17) is 0 Å². The number of hydrogen-bond donors (Lipinski definition) is 1. The van der Waals surface area contributed by atoms with Gasteiger partial charge in [-0.25, -0.2) is 0 Å². The average molecular weight is 294 g/mol. The zero-order valence-corrected chi connectivity index (χ0v) is 13.0. The zero-order valence-electron chi connectivity index (χ0n) is 13.0. The predicted octanol–water partition coefficient (Wildman–Crippen LogP) is 2.89. The summed E-state index contributed by atoms with van der Waals surface area (Å²) in [6.45, 7) is 3.38. The summed E-state index contributed by atoms with van der Waals surface area (Å²) in [4.78, 5) is 6.17. The molecule has 1 N–H and O–H groups in total. The van der Waals surface area contributed by atoms with Crippen molar-refractivity contribution in [1.29, 1.82) is 0 Å². The monoisotopic (exact) mass is 294 g/mol. The Morgan fingerprint density at radius 3 is 3.05 bits per heavy atom. The van der Waals surface area contributed by atoms with Crippen LogP contribution in [0.25, 0.3) is 10.9 Å². The van der Waals surface area contributed by atoms with Gasteiger partial charge in [-0.2, -0.15) is 5.10 Å². The van der Waals surface area contributed by atoms with Crippen molar-refractivity contribution in [3.63, 3.8) is 0 Å². The molecule has 0 saturated carbocycles. The number of para-hydroxylation sites is 1. The van der Waals surface area contributed by atoms with Crippen LogP contribution in [0.2, 0.25) is 0 Å². The topological polar surface area (TPSA) is 36.9 Å². The van der Waals surface area contributed by atoms with Gasteiger partial charge in [0, 0.05) is 42.9 Å². The minimum absolute atomic E-state index is 1.05. The van der Waals surface area contributed by atoms with E-state index in [-0.39, 0.29) is 0 Å². The van der Waals surface area contributed by atoms with E-state index in [0.717, 1.165) is 25.9 Å². The number of aromatic amines is 1. The van der Waals surface area contributed by atoms with Crippen molar-refractivity contribution in [2.75, 3.05) is 13.1 Å². The number of rotatable bonds is 4. The Kier molecular flexibility index (Phi) is 3.47. The fraction of sp³-hybridized carbons (Fsp3) is 0.389. The third-order valence-corrected chi connectivity index (χ3v) is 4.66. The fourth-order valence-electron chi connectivity index (χ4n) is 3.55. The molecule has 4 nitrogen and oxygen atoms in total. The van der Waals surface area contributed by atoms with Crippen molar-refractivity contribution in [1.82, 2.24) is 19.7 Å². The fourth-order valence-corrected chi connectivity index (χ4v) is 3.55. The first-order valence-corrected chi connectivity index (χ1v) is 8.08. The minimum Gasteiger partial charge on any atom is -0.357 e. The molecule has 0 bridgehead atoms. The molecule has 0 atom stereocenters. The lowest BCUT2D eigenvalue weighted by molar-refractivity contribution is 0.249. The van der Waals surface area contributed by atoms with Crippen molar-refractivity contribution in [2.45, 2.75) is 25.8 Å². The summed E-state index contributed by atoms with van der Waals surface area (Å²) in [6.07, 6.45) is 7.56. The van der Waals surface area contributed by atoms with Gasteiger partial charge in [0.15, 0.2) is 0 Å². The maximum Gasteiger partial charge on any atom is 0.0521 e. The maximum absolute atomic E-state index is 4.23. The summed E-state index contributed by atoms with van der Waals surface area (Å²) in [7, 11) is 1.98. The summed E-state index contributed by atoms with van der Waals surface area (Å²) in [5.74, 6) is 0. The Bertz CT molecular complexity index is 783. The molecule has 1 aromatic carbocycles. The number of aryl methyl sites for hydroxylation is 2. The first kappa shape index (κ1) is 13.6. The van der Waals surface area contributed by atoms with Crippen LogP contribution in [-0.2, 0) is 26.4 Å². The van der Waals surface area contributed by atoms with Gasteiger partial charge in [0.1, 0.15) is 0 Å². The van der Waals surface area contributed by atoms with Gasteiger partial charge in [0.05, 0.1) is 6.20 Å². The smallest absolute Gasteiger partial charge is 0.0521 e. The molecule has 0 spiro atoms. The number of benzene rings is 1. The van der Waals surface area contributed by atoms with Gasteiger partial charge < -0.3 is 4.98 Å². The van der Waals surface area contributed by atoms with E-state index < -0.39 is 0 Å². The Morgan fingerprint density at radius 1 is 1.27 bits per heavy atom. The second-order valence-corrected chi connectivity index (χ2v) is 6.28. The van der Waals surface area contributed by atoms with Crippen LogP contribution in [0.4, 0.5) is 0 Å². The number of aromatic nitrogens is 3. The SMILES string of the molecule is Cn1cc(CCCN2CCc3c([nH]c4ccccc34)C2)cn1. The molecule has 0 saturated heterocycles. The van der Waals surface area contributed by atoms with E-state index in [2.05, 4.69) is 45.4 Å². The molecule has 3 aromatic rings. The molecule has 22 heavy (non-hydrogen) atoms. The lowest BCUT2D eigenvalue weighted by Crippen LogP contribution is -2.31. The largest absolute Gasteiger partial charge is 0.357 e. The molecule has 1 aliphatic rings. The van der Waals surface area contributed by atoms with Crippen LogP contribution >= 0.6 is 0 Å². The highest BCUT2D eigenvalue weighted by molar-refractivity contribution is 5.84. The Labute approximate surface area is 130 Å². The van der Waals surface area contributed by atoms with Gasteiger partial charge in [-0.05, 0) is 43.0 Å². The quantitative estimate of drug-likeness (QED) is 0.803. The highest BCUT2D eigenvalue weighted by atomic mass is 15.2. The average Bonchev–Trinajstić information content (AvgIpc) is 3.10. The Hall–Kier alpha value is -2.07. The van der Waals surface area contributed by atoms with E-state index in [1.807, 2.05) is 17.9 Å². The summed E-state index contributed by atoms with van der Waals surface area (Å²) < 4.78 is 1.88. The second-order valence-electron chi connectivity index (χ2n) is 6.28. The third kappa shape index (κ3) is 2.55. The molecule has 4 heteroatoms. The van der Waals surface area contributed by atoms with Crippen molar-refractivity contribution in [3.8, 4) is 0 Å². The van der Waals surface area contributed by atoms with Gasteiger partial charge >= 0.3 is 0 Å². The van der Waals surface area contributed by atoms with Crippen molar-refractivity contribution < 1.29 is 0 Å². The van der Waals surface area contributed by atoms with E-state index in [1.54, 1.807) is 0 Å². The zero-order chi connectivity index (χ0) is 14.9. The van der Waals surface area contributed by atoms with Gasteiger partial charge in [-0.15, -0.1) is 0 Å². The molecule has 0 radical (unpaired) electrons. The summed E-state index contributed by atoms with van der Waals surface area (Å²) in [6, 6.07) is 8.66. The van der Waals surface area contributed by atoms with Crippen LogP contribution in [-0.4, -0.2) is 32.8 Å². The second kappa shape index (κ2) is 5.61. The van der Waals surface area contributed by atoms with E-state index in [1.165, 1.54) is 40.7 Å². The number of nitrogens with zero attached hydrogens (tertiary/aromatic N) is 3. The molecule has 0 aliphatic carbocycles. The number of fused-ring (bicyclic) bond motifs is 3. The molecule has 2 aromatic heterocycles. The normalized spacial score (nSPS) is 15.3. The molecule has 1 aliphatic heterocycles. The summed E-state index contributed by atoms with van der Waals surface area (Å²) in [5, 5.41) is 5.64. The van der Waals surface area contributed by atoms with Crippen molar-refractivity contribution in [3.05, 3.63) is 53.5 Å². The molecular formula is C18H22N4. The van der Waals surface area contributed by atoms with Crippen LogP contribution in [0.5, 0.6) is 0 Å². The maximum atomic E-state index is 4.23. The van der Waals surface area contributed by atoms with Crippen LogP contribution in [0.1, 0.15) is 23.2 Å². The van der Waals surface area contributed by atoms with Crippen LogP contribution in [0.15, 0.2) is 36.7 Å². The van der Waals surface area contributed by atoms with E-state index >= 15 is 0 Å². The highest BCUT2D eigenvalue weighted by Crippen LogP contribution is 2.27. The van der Waals surface area contributed by atoms with Gasteiger partial charge in [0.2, 0.25) is 0 Å². The van der Waals surface area contributed by atoms with Crippen LogP contribution in [0.3, 0.4) is 0 Å². The van der Waals surface area contributed by atoms with E-state index in [0.29, 0.717) is 0 Å². The highest BCUT2D eigenvalue weighted by Gasteiger charge is 2.19. The number of H-pyrrole nitrogens is 1. The molecular weight excluding hydrogens is 272 g/mol. The molecule has 0 fully saturated rings. The molecule has 114 valence electrons. The number of hydrogen-bond acceptors (Lipinski definition) is 2. The molecule has 3 heterocycles. The summed E-state index contributed by atoms with van der Waals surface area (Å²) >= 11 is 0. The lowest BCUT2D eigenvalue weighted by Gasteiger charge is -2.26. The van der Waals surface area contributed by atoms with Crippen molar-refractivity contribution in [2.24, 2.45) is 7.05 Å². The van der Waals surface area contributed by atoms with Crippen molar-refractivity contribution >= 4 is 10.9 Å². The van der Waals surface area contributed by atoms with E-state index in [9.17, 15) is 0 Å². The first-order chi connectivity index (χ1) is 10.8. The standard InChI is InChI=1S/C18H22N4/c1-21-12-14(11-19-21)5-4-9-22-10-8-16-15-6-2-3-7-17(15)20-18(16)13-22/h2-3,6-7,11-12,20H,4-5,8-10,13H2,1H3. The summed E-state index contributed by atoms with van der Waals surface area (Å²) in [5.41, 5.74) is 5.56. The lowest BCUT2D eigenvalue weighted by atomic mass is 10.0. The Morgan fingerprint density at radius 2 is 2.18 bits per heavy atom. The van der Waals surface area contributed by atoms with Crippen LogP contribution < -0.4 is 0 Å². The number of nitrogens with one attached hydrogen (secondary N) is 1. The third-order valence-electron chi connectivity index (χ3n) is 4.66. The minimum atomic E-state index is 1.05.